The lowest BCUT2D eigenvalue weighted by Gasteiger charge is -2.33. The molecule has 150 valence electrons. The molecule has 7 heteroatoms. The maximum absolute atomic E-state index is 12.5. The fourth-order valence-corrected chi connectivity index (χ4v) is 4.04. The van der Waals surface area contributed by atoms with Gasteiger partial charge in [0, 0.05) is 45.2 Å². The van der Waals surface area contributed by atoms with Crippen LogP contribution in [-0.4, -0.2) is 73.3 Å². The summed E-state index contributed by atoms with van der Waals surface area (Å²) in [5, 5.41) is 3.12. The highest BCUT2D eigenvalue weighted by atomic mass is 16.5. The number of aryl methyl sites for hydroxylation is 1. The quantitative estimate of drug-likeness (QED) is 0.846. The first-order chi connectivity index (χ1) is 13.7. The molecule has 0 unspecified atom stereocenters. The van der Waals surface area contributed by atoms with Crippen LogP contribution < -0.4 is 10.2 Å². The summed E-state index contributed by atoms with van der Waals surface area (Å²) in [5.41, 5.74) is 2.80. The number of anilines is 1. The molecular formula is C21H29N5O2. The summed E-state index contributed by atoms with van der Waals surface area (Å²) in [6.45, 7) is 8.83. The molecule has 0 spiro atoms. The van der Waals surface area contributed by atoms with Crippen molar-refractivity contribution in [2.45, 2.75) is 19.8 Å². The monoisotopic (exact) mass is 383 g/mol. The van der Waals surface area contributed by atoms with Crippen LogP contribution in [0, 0.1) is 12.8 Å². The molecular weight excluding hydrogens is 354 g/mol. The number of para-hydroxylation sites is 2. The fraction of sp³-hybridized carbons (Fsp3) is 0.571. The average Bonchev–Trinajstić information content (AvgIpc) is 2.74. The van der Waals surface area contributed by atoms with Gasteiger partial charge in [0.25, 0.3) is 0 Å². The number of hydrogen-bond donors (Lipinski definition) is 1. The number of rotatable bonds is 5. The van der Waals surface area contributed by atoms with Crippen LogP contribution in [0.2, 0.25) is 0 Å². The number of ether oxygens (including phenoxy) is 1. The molecule has 1 N–H and O–H groups in total. The lowest BCUT2D eigenvalue weighted by molar-refractivity contribution is -0.125. The van der Waals surface area contributed by atoms with Gasteiger partial charge in [0.05, 0.1) is 29.9 Å². The van der Waals surface area contributed by atoms with E-state index < -0.39 is 0 Å². The maximum atomic E-state index is 12.5. The van der Waals surface area contributed by atoms with Gasteiger partial charge in [0.15, 0.2) is 5.82 Å². The van der Waals surface area contributed by atoms with Gasteiger partial charge in [0.2, 0.25) is 5.91 Å². The lowest BCUT2D eigenvalue weighted by atomic mass is 9.96. The van der Waals surface area contributed by atoms with Crippen LogP contribution in [0.25, 0.3) is 11.0 Å². The van der Waals surface area contributed by atoms with E-state index in [9.17, 15) is 4.79 Å². The van der Waals surface area contributed by atoms with Crippen LogP contribution in [0.15, 0.2) is 24.3 Å². The van der Waals surface area contributed by atoms with Gasteiger partial charge in [-0.15, -0.1) is 0 Å². The Bertz CT molecular complexity index is 814. The molecule has 1 aromatic heterocycles. The minimum absolute atomic E-state index is 0.0923. The number of fused-ring (bicyclic) bond motifs is 1. The van der Waals surface area contributed by atoms with Gasteiger partial charge in [-0.25, -0.2) is 9.97 Å². The van der Waals surface area contributed by atoms with Crippen molar-refractivity contribution in [3.8, 4) is 0 Å². The van der Waals surface area contributed by atoms with Crippen LogP contribution in [0.3, 0.4) is 0 Å². The maximum Gasteiger partial charge on any atom is 0.223 e. The van der Waals surface area contributed by atoms with Crippen molar-refractivity contribution in [2.24, 2.45) is 5.92 Å². The first kappa shape index (κ1) is 19.1. The Labute approximate surface area is 166 Å². The normalized spacial score (nSPS) is 19.1. The molecule has 3 heterocycles. The number of carbonyl (C=O) groups is 1. The Kier molecular flexibility index (Phi) is 6.02. The smallest absolute Gasteiger partial charge is 0.223 e. The zero-order chi connectivity index (χ0) is 19.3. The van der Waals surface area contributed by atoms with Crippen LogP contribution >= 0.6 is 0 Å². The summed E-state index contributed by atoms with van der Waals surface area (Å²) in [4.78, 5) is 26.6. The summed E-state index contributed by atoms with van der Waals surface area (Å²) in [7, 11) is 0. The van der Waals surface area contributed by atoms with Gasteiger partial charge in [0.1, 0.15) is 0 Å². The van der Waals surface area contributed by atoms with Crippen molar-refractivity contribution in [3.63, 3.8) is 0 Å². The van der Waals surface area contributed by atoms with E-state index in [-0.39, 0.29) is 11.8 Å². The Hall–Kier alpha value is -2.25. The van der Waals surface area contributed by atoms with Gasteiger partial charge in [-0.05, 0) is 31.9 Å². The number of piperidine rings is 1. The van der Waals surface area contributed by atoms with Crippen LogP contribution in [0.5, 0.6) is 0 Å². The number of nitrogens with one attached hydrogen (secondary N) is 1. The summed E-state index contributed by atoms with van der Waals surface area (Å²) in [6.07, 6.45) is 1.72. The van der Waals surface area contributed by atoms with E-state index in [0.717, 1.165) is 81.3 Å². The highest BCUT2D eigenvalue weighted by Gasteiger charge is 2.26. The van der Waals surface area contributed by atoms with Crippen LogP contribution in [0.1, 0.15) is 18.5 Å². The summed E-state index contributed by atoms with van der Waals surface area (Å²) in [5.74, 6) is 1.23. The number of carbonyl (C=O) groups excluding carboxylic acids is 1. The molecule has 2 fully saturated rings. The Balaban J connectivity index is 1.28. The first-order valence-electron chi connectivity index (χ1n) is 10.3. The predicted molar refractivity (Wildman–Crippen MR) is 109 cm³/mol. The topological polar surface area (TPSA) is 70.6 Å². The third-order valence-electron chi connectivity index (χ3n) is 5.72. The second kappa shape index (κ2) is 8.84. The molecule has 0 aliphatic carbocycles. The Morgan fingerprint density at radius 2 is 1.79 bits per heavy atom. The summed E-state index contributed by atoms with van der Waals surface area (Å²) >= 11 is 0. The Morgan fingerprint density at radius 3 is 2.50 bits per heavy atom. The molecule has 0 saturated carbocycles. The fourth-order valence-electron chi connectivity index (χ4n) is 4.04. The number of aromatic nitrogens is 2. The second-order valence-electron chi connectivity index (χ2n) is 7.63. The van der Waals surface area contributed by atoms with Crippen molar-refractivity contribution >= 4 is 22.8 Å². The lowest BCUT2D eigenvalue weighted by Crippen LogP contribution is -2.44. The summed E-state index contributed by atoms with van der Waals surface area (Å²) < 4.78 is 5.36. The first-order valence-corrected chi connectivity index (χ1v) is 10.3. The second-order valence-corrected chi connectivity index (χ2v) is 7.63. The van der Waals surface area contributed by atoms with E-state index in [0.29, 0.717) is 6.54 Å². The van der Waals surface area contributed by atoms with Gasteiger partial charge < -0.3 is 15.0 Å². The number of nitrogens with zero attached hydrogens (tertiary/aromatic N) is 4. The zero-order valence-corrected chi connectivity index (χ0v) is 16.6. The molecule has 0 atom stereocenters. The number of benzene rings is 1. The molecule has 2 aliphatic rings. The van der Waals surface area contributed by atoms with Crippen molar-refractivity contribution in [1.82, 2.24) is 20.2 Å². The van der Waals surface area contributed by atoms with Crippen LogP contribution in [-0.2, 0) is 9.53 Å². The standard InChI is InChI=1S/C21H29N5O2/c1-16-20(24-19-5-3-2-4-18(19)23-16)26-9-6-17(7-10-26)21(27)22-8-11-25-12-14-28-15-13-25/h2-5,17H,6-15H2,1H3,(H,22,27). The minimum Gasteiger partial charge on any atom is -0.379 e. The molecule has 0 bridgehead atoms. The molecule has 1 aromatic carbocycles. The zero-order valence-electron chi connectivity index (χ0n) is 16.6. The van der Waals surface area contributed by atoms with Gasteiger partial charge in [-0.1, -0.05) is 12.1 Å². The molecule has 7 nitrogen and oxygen atoms in total. The van der Waals surface area contributed by atoms with Crippen molar-refractivity contribution < 1.29 is 9.53 Å². The highest BCUT2D eigenvalue weighted by Crippen LogP contribution is 2.25. The van der Waals surface area contributed by atoms with Gasteiger partial charge >= 0.3 is 0 Å². The van der Waals surface area contributed by atoms with E-state index in [4.69, 9.17) is 14.7 Å². The minimum atomic E-state index is 0.0923. The van der Waals surface area contributed by atoms with E-state index in [1.54, 1.807) is 0 Å². The van der Waals surface area contributed by atoms with E-state index >= 15 is 0 Å². The Morgan fingerprint density at radius 1 is 1.11 bits per heavy atom. The number of morpholine rings is 1. The van der Waals surface area contributed by atoms with Crippen molar-refractivity contribution in [2.75, 3.05) is 57.4 Å². The third-order valence-corrected chi connectivity index (χ3v) is 5.72. The van der Waals surface area contributed by atoms with E-state index in [1.807, 2.05) is 31.2 Å². The SMILES string of the molecule is Cc1nc2ccccc2nc1N1CCC(C(=O)NCCN2CCOCC2)CC1. The molecule has 2 saturated heterocycles. The third kappa shape index (κ3) is 4.42. The molecule has 4 rings (SSSR count). The molecule has 1 amide bonds. The number of amides is 1. The number of hydrogen-bond acceptors (Lipinski definition) is 6. The van der Waals surface area contributed by atoms with Gasteiger partial charge in [-0.2, -0.15) is 0 Å². The van der Waals surface area contributed by atoms with E-state index in [1.165, 1.54) is 0 Å². The molecule has 28 heavy (non-hydrogen) atoms. The average molecular weight is 383 g/mol. The van der Waals surface area contributed by atoms with Crippen molar-refractivity contribution in [3.05, 3.63) is 30.0 Å². The highest BCUT2D eigenvalue weighted by molar-refractivity contribution is 5.79. The largest absolute Gasteiger partial charge is 0.379 e. The molecule has 0 radical (unpaired) electrons. The van der Waals surface area contributed by atoms with E-state index in [2.05, 4.69) is 15.1 Å². The molecule has 2 aromatic rings. The summed E-state index contributed by atoms with van der Waals surface area (Å²) in [6, 6.07) is 7.97. The molecule has 2 aliphatic heterocycles. The van der Waals surface area contributed by atoms with Crippen LogP contribution in [0.4, 0.5) is 5.82 Å². The van der Waals surface area contributed by atoms with Crippen molar-refractivity contribution in [1.29, 1.82) is 0 Å². The van der Waals surface area contributed by atoms with Gasteiger partial charge in [-0.3, -0.25) is 9.69 Å². The predicted octanol–water partition coefficient (Wildman–Crippen LogP) is 1.60.